The van der Waals surface area contributed by atoms with Crippen molar-refractivity contribution in [1.29, 1.82) is 0 Å². The first kappa shape index (κ1) is 22.7. The Morgan fingerprint density at radius 1 is 1.10 bits per heavy atom. The molecule has 0 bridgehead atoms. The number of aliphatic hydroxyl groups is 1. The lowest BCUT2D eigenvalue weighted by Gasteiger charge is -2.36. The zero-order valence-electron chi connectivity index (χ0n) is 18.0. The van der Waals surface area contributed by atoms with Crippen molar-refractivity contribution in [3.8, 4) is 0 Å². The Labute approximate surface area is 184 Å². The molecule has 3 rings (SSSR count). The second-order valence-corrected chi connectivity index (χ2v) is 8.66. The van der Waals surface area contributed by atoms with Crippen LogP contribution in [0.15, 0.2) is 53.4 Å². The van der Waals surface area contributed by atoms with Gasteiger partial charge in [-0.15, -0.1) is 11.8 Å². The molecular weight excluding hydrogens is 394 g/mol. The molecular formula is C24H33N3O2S. The van der Waals surface area contributed by atoms with Gasteiger partial charge in [-0.25, -0.2) is 0 Å². The quantitative estimate of drug-likeness (QED) is 0.459. The van der Waals surface area contributed by atoms with Gasteiger partial charge in [0.05, 0.1) is 11.8 Å². The molecule has 2 aromatic carbocycles. The molecule has 1 fully saturated rings. The number of hydrogen-bond donors (Lipinski definition) is 2. The van der Waals surface area contributed by atoms with E-state index in [0.29, 0.717) is 0 Å². The second-order valence-electron chi connectivity index (χ2n) is 7.82. The van der Waals surface area contributed by atoms with E-state index in [2.05, 4.69) is 45.4 Å². The van der Waals surface area contributed by atoms with E-state index in [0.717, 1.165) is 68.1 Å². The van der Waals surface area contributed by atoms with Crippen LogP contribution < -0.4 is 10.2 Å². The van der Waals surface area contributed by atoms with Crippen molar-refractivity contribution in [3.05, 3.63) is 54.1 Å². The predicted octanol–water partition coefficient (Wildman–Crippen LogP) is 4.39. The van der Waals surface area contributed by atoms with Crippen LogP contribution in [0.4, 0.5) is 11.4 Å². The smallest absolute Gasteiger partial charge is 0.221 e. The van der Waals surface area contributed by atoms with E-state index in [1.807, 2.05) is 24.5 Å². The first-order valence-electron chi connectivity index (χ1n) is 10.7. The molecule has 1 unspecified atom stereocenters. The van der Waals surface area contributed by atoms with E-state index in [4.69, 9.17) is 0 Å². The fourth-order valence-electron chi connectivity index (χ4n) is 3.93. The number of para-hydroxylation sites is 1. The van der Waals surface area contributed by atoms with Crippen LogP contribution in [0.3, 0.4) is 0 Å². The molecule has 1 heterocycles. The number of amides is 1. The van der Waals surface area contributed by atoms with Crippen LogP contribution in [-0.2, 0) is 4.79 Å². The molecule has 1 amide bonds. The maximum absolute atomic E-state index is 11.4. The number of unbranched alkanes of at least 4 members (excludes halogenated alkanes) is 1. The van der Waals surface area contributed by atoms with Gasteiger partial charge in [-0.1, -0.05) is 24.3 Å². The molecule has 0 radical (unpaired) electrons. The van der Waals surface area contributed by atoms with Crippen molar-refractivity contribution < 1.29 is 9.90 Å². The number of thioether (sulfide) groups is 1. The molecule has 2 N–H and O–H groups in total. The molecule has 1 aliphatic rings. The van der Waals surface area contributed by atoms with Crippen LogP contribution >= 0.6 is 11.8 Å². The van der Waals surface area contributed by atoms with E-state index in [1.165, 1.54) is 12.6 Å². The average Bonchev–Trinajstić information content (AvgIpc) is 2.77. The first-order chi connectivity index (χ1) is 14.6. The Morgan fingerprint density at radius 2 is 1.83 bits per heavy atom. The molecule has 30 heavy (non-hydrogen) atoms. The topological polar surface area (TPSA) is 55.8 Å². The molecule has 0 aromatic heterocycles. The Hall–Kier alpha value is -2.02. The number of carbonyl (C=O) groups excluding carboxylic acids is 1. The maximum Gasteiger partial charge on any atom is 0.221 e. The lowest BCUT2D eigenvalue weighted by molar-refractivity contribution is -0.114. The summed E-state index contributed by atoms with van der Waals surface area (Å²) in [7, 11) is 0. The van der Waals surface area contributed by atoms with E-state index in [9.17, 15) is 9.90 Å². The summed E-state index contributed by atoms with van der Waals surface area (Å²) in [5.74, 6) is -0.0932. The predicted molar refractivity (Wildman–Crippen MR) is 126 cm³/mol. The standard InChI is InChI=1S/C24H33N3O2S/c1-19(28)25-22-18-20(11-12-24(22)30-2)23(29)10-6-7-13-26-14-16-27(17-15-26)21-8-4-3-5-9-21/h3-5,8-9,11-12,18,23,29H,6-7,10,13-17H2,1-2H3,(H,25,28). The number of piperazine rings is 1. The highest BCUT2D eigenvalue weighted by Crippen LogP contribution is 2.30. The van der Waals surface area contributed by atoms with Crippen molar-refractivity contribution in [2.75, 3.05) is 49.2 Å². The fourth-order valence-corrected chi connectivity index (χ4v) is 4.46. The lowest BCUT2D eigenvalue weighted by Crippen LogP contribution is -2.46. The van der Waals surface area contributed by atoms with Crippen LogP contribution in [0, 0.1) is 0 Å². The summed E-state index contributed by atoms with van der Waals surface area (Å²) in [6.45, 7) is 6.91. The summed E-state index contributed by atoms with van der Waals surface area (Å²) in [6, 6.07) is 16.5. The van der Waals surface area contributed by atoms with Crippen LogP contribution in [0.1, 0.15) is 37.9 Å². The van der Waals surface area contributed by atoms with Crippen LogP contribution in [0.2, 0.25) is 0 Å². The third-order valence-corrected chi connectivity index (χ3v) is 6.41. The van der Waals surface area contributed by atoms with Crippen LogP contribution in [0.25, 0.3) is 0 Å². The number of nitrogens with zero attached hydrogens (tertiary/aromatic N) is 2. The summed E-state index contributed by atoms with van der Waals surface area (Å²) in [5.41, 5.74) is 2.96. The third-order valence-electron chi connectivity index (χ3n) is 5.61. The molecule has 0 saturated carbocycles. The Balaban J connectivity index is 1.40. The SMILES string of the molecule is CSc1ccc(C(O)CCCCN2CCN(c3ccccc3)CC2)cc1NC(C)=O. The van der Waals surface area contributed by atoms with Gasteiger partial charge in [-0.2, -0.15) is 0 Å². The van der Waals surface area contributed by atoms with Gasteiger partial charge in [0.2, 0.25) is 5.91 Å². The molecule has 5 nitrogen and oxygen atoms in total. The minimum absolute atomic E-state index is 0.0932. The molecule has 162 valence electrons. The van der Waals surface area contributed by atoms with Crippen molar-refractivity contribution >= 4 is 29.0 Å². The molecule has 1 saturated heterocycles. The third kappa shape index (κ3) is 6.49. The summed E-state index contributed by atoms with van der Waals surface area (Å²) < 4.78 is 0. The average molecular weight is 428 g/mol. The second kappa shape index (κ2) is 11.4. The molecule has 6 heteroatoms. The Morgan fingerprint density at radius 3 is 2.50 bits per heavy atom. The minimum Gasteiger partial charge on any atom is -0.388 e. The van der Waals surface area contributed by atoms with Gasteiger partial charge in [-0.05, 0) is 61.9 Å². The van der Waals surface area contributed by atoms with E-state index in [-0.39, 0.29) is 5.91 Å². The first-order valence-corrected chi connectivity index (χ1v) is 11.9. The zero-order valence-corrected chi connectivity index (χ0v) is 18.8. The van der Waals surface area contributed by atoms with Crippen molar-refractivity contribution in [2.45, 2.75) is 37.2 Å². The van der Waals surface area contributed by atoms with Gasteiger partial charge in [0.25, 0.3) is 0 Å². The summed E-state index contributed by atoms with van der Waals surface area (Å²) in [6.07, 6.45) is 4.30. The molecule has 2 aromatic rings. The number of hydrogen-bond acceptors (Lipinski definition) is 5. The van der Waals surface area contributed by atoms with E-state index in [1.54, 1.807) is 11.8 Å². The van der Waals surface area contributed by atoms with Crippen molar-refractivity contribution in [2.24, 2.45) is 0 Å². The number of aliphatic hydroxyl groups excluding tert-OH is 1. The monoisotopic (exact) mass is 427 g/mol. The van der Waals surface area contributed by atoms with E-state index >= 15 is 0 Å². The van der Waals surface area contributed by atoms with Gasteiger partial charge >= 0.3 is 0 Å². The van der Waals surface area contributed by atoms with Gasteiger partial charge in [0, 0.05) is 43.7 Å². The maximum atomic E-state index is 11.4. The van der Waals surface area contributed by atoms with Crippen molar-refractivity contribution in [3.63, 3.8) is 0 Å². The van der Waals surface area contributed by atoms with E-state index < -0.39 is 6.10 Å². The van der Waals surface area contributed by atoms with Crippen molar-refractivity contribution in [1.82, 2.24) is 4.90 Å². The van der Waals surface area contributed by atoms with Gasteiger partial charge in [0.1, 0.15) is 0 Å². The number of rotatable bonds is 9. The normalized spacial score (nSPS) is 15.8. The van der Waals surface area contributed by atoms with Gasteiger partial charge in [-0.3, -0.25) is 9.69 Å². The molecule has 1 atom stereocenters. The molecule has 0 spiro atoms. The van der Waals surface area contributed by atoms with Crippen LogP contribution in [-0.4, -0.2) is 54.9 Å². The summed E-state index contributed by atoms with van der Waals surface area (Å²) in [5, 5.41) is 13.5. The lowest BCUT2D eigenvalue weighted by atomic mass is 10.0. The Kier molecular flexibility index (Phi) is 8.61. The van der Waals surface area contributed by atoms with Gasteiger partial charge in [0.15, 0.2) is 0 Å². The number of anilines is 2. The number of benzene rings is 2. The van der Waals surface area contributed by atoms with Gasteiger partial charge < -0.3 is 15.3 Å². The largest absolute Gasteiger partial charge is 0.388 e. The molecule has 1 aliphatic heterocycles. The number of carbonyl (C=O) groups is 1. The summed E-state index contributed by atoms with van der Waals surface area (Å²) in [4.78, 5) is 17.4. The minimum atomic E-state index is -0.497. The zero-order chi connectivity index (χ0) is 21.3. The molecule has 0 aliphatic carbocycles. The fraction of sp³-hybridized carbons (Fsp3) is 0.458. The summed E-state index contributed by atoms with van der Waals surface area (Å²) >= 11 is 1.59. The number of nitrogens with one attached hydrogen (secondary N) is 1. The van der Waals surface area contributed by atoms with Crippen LogP contribution in [0.5, 0.6) is 0 Å². The highest BCUT2D eigenvalue weighted by atomic mass is 32.2. The Bertz CT molecular complexity index is 807. The highest BCUT2D eigenvalue weighted by molar-refractivity contribution is 7.98. The highest BCUT2D eigenvalue weighted by Gasteiger charge is 2.17.